The van der Waals surface area contributed by atoms with Crippen LogP contribution in [-0.4, -0.2) is 31.0 Å². The van der Waals surface area contributed by atoms with Crippen LogP contribution in [0.3, 0.4) is 0 Å². The van der Waals surface area contributed by atoms with Crippen molar-refractivity contribution < 1.29 is 14.3 Å². The quantitative estimate of drug-likeness (QED) is 0.498. The number of anilines is 2. The van der Waals surface area contributed by atoms with Crippen LogP contribution in [0.25, 0.3) is 0 Å². The number of ether oxygens (including phenoxy) is 1. The highest BCUT2D eigenvalue weighted by molar-refractivity contribution is 7.17. The van der Waals surface area contributed by atoms with E-state index in [0.717, 1.165) is 49.0 Å². The summed E-state index contributed by atoms with van der Waals surface area (Å²) in [6.45, 7) is 2.74. The molecule has 8 nitrogen and oxygen atoms in total. The van der Waals surface area contributed by atoms with E-state index in [1.54, 1.807) is 6.92 Å². The van der Waals surface area contributed by atoms with Crippen LogP contribution in [-0.2, 0) is 17.6 Å². The van der Waals surface area contributed by atoms with Gasteiger partial charge in [0.05, 0.1) is 12.2 Å². The third-order valence-electron chi connectivity index (χ3n) is 6.42. The second-order valence-corrected chi connectivity index (χ2v) is 10.1. The molecule has 1 atom stereocenters. The molecule has 2 saturated carbocycles. The highest BCUT2D eigenvalue weighted by atomic mass is 32.1. The maximum Gasteiger partial charge on any atom is 0.272 e. The van der Waals surface area contributed by atoms with Crippen LogP contribution in [0.4, 0.5) is 10.7 Å². The first-order valence-corrected chi connectivity index (χ1v) is 12.2. The molecule has 5 rings (SSSR count). The molecule has 0 radical (unpaired) electrons. The molecule has 3 N–H and O–H groups in total. The lowest BCUT2D eigenvalue weighted by molar-refractivity contribution is -0.117. The maximum atomic E-state index is 13.1. The number of amides is 2. The summed E-state index contributed by atoms with van der Waals surface area (Å²) in [4.78, 5) is 50.5. The third kappa shape index (κ3) is 4.05. The normalized spacial score (nSPS) is 20.0. The minimum absolute atomic E-state index is 0.0143. The van der Waals surface area contributed by atoms with Crippen molar-refractivity contribution >= 4 is 33.8 Å². The van der Waals surface area contributed by atoms with Crippen molar-refractivity contribution in [2.75, 3.05) is 23.8 Å². The number of hydrogen-bond donors (Lipinski definition) is 3. The molecule has 1 heterocycles. The fraction of sp³-hybridized carbons (Fsp3) is 0.565. The Hall–Kier alpha value is -2.68. The molecule has 32 heavy (non-hydrogen) atoms. The molecule has 170 valence electrons. The summed E-state index contributed by atoms with van der Waals surface area (Å²) in [7, 11) is 0. The minimum atomic E-state index is -0.591. The predicted octanol–water partition coefficient (Wildman–Crippen LogP) is 2.20. The highest BCUT2D eigenvalue weighted by Gasteiger charge is 2.35. The lowest BCUT2D eigenvalue weighted by Crippen LogP contribution is -2.40. The van der Waals surface area contributed by atoms with Crippen molar-refractivity contribution in [3.8, 4) is 5.75 Å². The van der Waals surface area contributed by atoms with Gasteiger partial charge in [0, 0.05) is 23.4 Å². The van der Waals surface area contributed by atoms with Crippen LogP contribution < -0.4 is 31.5 Å². The molecule has 0 aliphatic heterocycles. The van der Waals surface area contributed by atoms with Gasteiger partial charge in [-0.2, -0.15) is 0 Å². The smallest absolute Gasteiger partial charge is 0.272 e. The Morgan fingerprint density at radius 1 is 1.09 bits per heavy atom. The van der Waals surface area contributed by atoms with Gasteiger partial charge in [-0.25, -0.2) is 0 Å². The van der Waals surface area contributed by atoms with E-state index in [1.807, 2.05) is 0 Å². The lowest BCUT2D eigenvalue weighted by atomic mass is 9.90. The maximum absolute atomic E-state index is 13.1. The second kappa shape index (κ2) is 8.35. The molecule has 2 fully saturated rings. The Morgan fingerprint density at radius 2 is 1.88 bits per heavy atom. The van der Waals surface area contributed by atoms with Crippen LogP contribution in [0.2, 0.25) is 0 Å². The Morgan fingerprint density at radius 3 is 2.56 bits per heavy atom. The van der Waals surface area contributed by atoms with Crippen molar-refractivity contribution in [3.63, 3.8) is 0 Å². The molecule has 1 unspecified atom stereocenters. The minimum Gasteiger partial charge on any atom is -0.488 e. The third-order valence-corrected chi connectivity index (χ3v) is 7.63. The van der Waals surface area contributed by atoms with Gasteiger partial charge in [0.15, 0.2) is 5.75 Å². The Balaban J connectivity index is 1.38. The molecule has 2 amide bonds. The van der Waals surface area contributed by atoms with Crippen LogP contribution in [0.5, 0.6) is 5.75 Å². The number of fused-ring (bicyclic) bond motifs is 1. The zero-order chi connectivity index (χ0) is 22.4. The molecule has 2 aromatic rings. The van der Waals surface area contributed by atoms with Crippen molar-refractivity contribution in [3.05, 3.63) is 36.5 Å². The summed E-state index contributed by atoms with van der Waals surface area (Å²) < 4.78 is 5.32. The molecule has 1 aromatic carbocycles. The summed E-state index contributed by atoms with van der Waals surface area (Å²) in [6.07, 6.45) is 6.12. The van der Waals surface area contributed by atoms with E-state index in [1.165, 1.54) is 11.3 Å². The van der Waals surface area contributed by atoms with E-state index < -0.39 is 10.9 Å². The van der Waals surface area contributed by atoms with E-state index >= 15 is 0 Å². The van der Waals surface area contributed by atoms with Gasteiger partial charge in [-0.05, 0) is 63.4 Å². The molecule has 3 aliphatic carbocycles. The van der Waals surface area contributed by atoms with E-state index in [4.69, 9.17) is 4.74 Å². The van der Waals surface area contributed by atoms with Gasteiger partial charge in [-0.15, -0.1) is 11.3 Å². The van der Waals surface area contributed by atoms with Crippen molar-refractivity contribution in [1.29, 1.82) is 0 Å². The first-order valence-electron chi connectivity index (χ1n) is 11.4. The van der Waals surface area contributed by atoms with Gasteiger partial charge >= 0.3 is 0 Å². The number of rotatable bonds is 9. The molecular weight excluding hydrogens is 430 g/mol. The largest absolute Gasteiger partial charge is 0.488 e. The van der Waals surface area contributed by atoms with Crippen LogP contribution in [0, 0.1) is 11.8 Å². The number of carbonyl (C=O) groups excluding carboxylic acids is 2. The van der Waals surface area contributed by atoms with Gasteiger partial charge < -0.3 is 20.7 Å². The fourth-order valence-electron chi connectivity index (χ4n) is 4.23. The molecule has 3 aliphatic rings. The summed E-state index contributed by atoms with van der Waals surface area (Å²) >= 11 is 1.49. The summed E-state index contributed by atoms with van der Waals surface area (Å²) in [5, 5.41) is 9.85. The monoisotopic (exact) mass is 457 g/mol. The van der Waals surface area contributed by atoms with Crippen molar-refractivity contribution in [2.24, 2.45) is 11.8 Å². The van der Waals surface area contributed by atoms with E-state index in [-0.39, 0.29) is 35.2 Å². The number of aryl methyl sites for hydroxylation is 1. The number of hydrogen-bond acceptors (Lipinski definition) is 7. The SMILES string of the molecule is CCOc1c(NC2CCc3sc(NC(=O)C4CC4)c(C(=O)NCC4CC4)c3C2)c(=O)c1=O. The topological polar surface area (TPSA) is 114 Å². The average Bonchev–Trinajstić information content (AvgIpc) is 3.70. The Kier molecular flexibility index (Phi) is 5.53. The van der Waals surface area contributed by atoms with E-state index in [2.05, 4.69) is 16.0 Å². The van der Waals surface area contributed by atoms with Gasteiger partial charge in [0.25, 0.3) is 16.8 Å². The molecule has 0 saturated heterocycles. The van der Waals surface area contributed by atoms with E-state index in [9.17, 15) is 19.2 Å². The first kappa shape index (κ1) is 21.2. The van der Waals surface area contributed by atoms with Gasteiger partial charge in [-0.1, -0.05) is 0 Å². The highest BCUT2D eigenvalue weighted by Crippen LogP contribution is 2.40. The second-order valence-electron chi connectivity index (χ2n) is 9.00. The van der Waals surface area contributed by atoms with Crippen molar-refractivity contribution in [1.82, 2.24) is 5.32 Å². The van der Waals surface area contributed by atoms with Crippen LogP contribution >= 0.6 is 11.3 Å². The zero-order valence-corrected chi connectivity index (χ0v) is 18.9. The molecule has 0 spiro atoms. The van der Waals surface area contributed by atoms with Crippen LogP contribution in [0.1, 0.15) is 59.8 Å². The van der Waals surface area contributed by atoms with Gasteiger partial charge in [0.1, 0.15) is 10.7 Å². The first-order chi connectivity index (χ1) is 15.5. The number of carbonyl (C=O) groups is 2. The van der Waals surface area contributed by atoms with Gasteiger partial charge in [0.2, 0.25) is 5.91 Å². The summed E-state index contributed by atoms with van der Waals surface area (Å²) in [5.41, 5.74) is 0.578. The molecule has 9 heteroatoms. The number of nitrogens with one attached hydrogen (secondary N) is 3. The summed E-state index contributed by atoms with van der Waals surface area (Å²) in [6, 6.07) is -0.0958. The molecule has 0 bridgehead atoms. The predicted molar refractivity (Wildman–Crippen MR) is 123 cm³/mol. The standard InChI is InChI=1S/C23H27N3O5S/c1-2-31-20-17(18(27)19(20)28)25-13-7-8-15-14(9-13)16(22(30)24-10-11-3-4-11)23(32-15)26-21(29)12-5-6-12/h11-13,25H,2-10H2,1H3,(H,24,30)(H,26,29). The Bertz CT molecular complexity index is 1140. The zero-order valence-electron chi connectivity index (χ0n) is 18.0. The van der Waals surface area contributed by atoms with Crippen LogP contribution in [0.15, 0.2) is 9.59 Å². The number of thiophene rings is 1. The average molecular weight is 458 g/mol. The summed E-state index contributed by atoms with van der Waals surface area (Å²) in [5.74, 6) is 0.550. The Labute approximate surface area is 189 Å². The van der Waals surface area contributed by atoms with E-state index in [0.29, 0.717) is 36.1 Å². The fourth-order valence-corrected chi connectivity index (χ4v) is 5.47. The lowest BCUT2D eigenvalue weighted by Gasteiger charge is -2.26. The molecular formula is C23H27N3O5S. The molecule has 1 aromatic heterocycles. The van der Waals surface area contributed by atoms with Gasteiger partial charge in [-0.3, -0.25) is 19.2 Å². The van der Waals surface area contributed by atoms with Crippen molar-refractivity contribution in [2.45, 2.75) is 57.9 Å².